The van der Waals surface area contributed by atoms with E-state index in [0.717, 1.165) is 17.5 Å². The summed E-state index contributed by atoms with van der Waals surface area (Å²) in [6.07, 6.45) is 4.01. The Balaban J connectivity index is 1.35. The first-order valence-electron chi connectivity index (χ1n) is 11.2. The molecular weight excluding hydrogens is 498 g/mol. The zero-order valence-corrected chi connectivity index (χ0v) is 20.1. The number of hydrogen-bond acceptors (Lipinski definition) is 10. The standard InChI is InChI=1S/C21H22F2N8O4S/c1-10(2)18-27-20(35-29-18)11-3-5-12(6-4-11)34-21-17-19(25-9-26-21)31(30-28-17)15-7-14(23)16(8-13(15)22)36(24,32)33/h7-12H,3-6H2,1-2H3,(H2,24,32,33). The van der Waals surface area contributed by atoms with Crippen LogP contribution in [-0.2, 0) is 10.0 Å². The molecule has 0 aliphatic heterocycles. The molecule has 2 N–H and O–H groups in total. The molecule has 36 heavy (non-hydrogen) atoms. The Kier molecular flexibility index (Phi) is 6.12. The number of aromatic nitrogens is 7. The van der Waals surface area contributed by atoms with Gasteiger partial charge in [0.2, 0.25) is 21.8 Å². The van der Waals surface area contributed by atoms with E-state index in [1.165, 1.54) is 6.33 Å². The van der Waals surface area contributed by atoms with Gasteiger partial charge in [-0.3, -0.25) is 0 Å². The Bertz CT molecular complexity index is 1530. The van der Waals surface area contributed by atoms with E-state index in [9.17, 15) is 17.2 Å². The molecule has 0 radical (unpaired) electrons. The minimum Gasteiger partial charge on any atom is -0.473 e. The molecule has 15 heteroatoms. The number of halogens is 2. The first kappa shape index (κ1) is 24.1. The molecule has 3 heterocycles. The van der Waals surface area contributed by atoms with Gasteiger partial charge in [-0.2, -0.15) is 14.6 Å². The molecule has 0 bridgehead atoms. The highest BCUT2D eigenvalue weighted by Crippen LogP contribution is 2.35. The summed E-state index contributed by atoms with van der Waals surface area (Å²) in [5, 5.41) is 16.8. The molecular formula is C21H22F2N8O4S. The van der Waals surface area contributed by atoms with Crippen LogP contribution in [0.3, 0.4) is 0 Å². The minimum atomic E-state index is -4.45. The number of hydrogen-bond donors (Lipinski definition) is 1. The summed E-state index contributed by atoms with van der Waals surface area (Å²) in [5.41, 5.74) is -0.191. The Labute approximate surface area is 203 Å². The summed E-state index contributed by atoms with van der Waals surface area (Å²) >= 11 is 0. The number of fused-ring (bicyclic) bond motifs is 1. The second kappa shape index (κ2) is 9.13. The van der Waals surface area contributed by atoms with E-state index in [1.807, 2.05) is 13.8 Å². The van der Waals surface area contributed by atoms with Gasteiger partial charge in [0, 0.05) is 17.9 Å². The van der Waals surface area contributed by atoms with E-state index in [2.05, 4.69) is 30.4 Å². The molecule has 12 nitrogen and oxygen atoms in total. The van der Waals surface area contributed by atoms with Gasteiger partial charge >= 0.3 is 0 Å². The lowest BCUT2D eigenvalue weighted by Gasteiger charge is -2.26. The fourth-order valence-corrected chi connectivity index (χ4v) is 4.71. The summed E-state index contributed by atoms with van der Waals surface area (Å²) in [4.78, 5) is 11.7. The quantitative estimate of drug-likeness (QED) is 0.399. The van der Waals surface area contributed by atoms with Gasteiger partial charge < -0.3 is 9.26 Å². The maximum atomic E-state index is 14.7. The third kappa shape index (κ3) is 4.51. The van der Waals surface area contributed by atoms with Crippen molar-refractivity contribution in [1.82, 2.24) is 35.1 Å². The van der Waals surface area contributed by atoms with Gasteiger partial charge in [0.1, 0.15) is 28.8 Å². The second-order valence-electron chi connectivity index (χ2n) is 8.87. The second-order valence-corrected chi connectivity index (χ2v) is 10.4. The van der Waals surface area contributed by atoms with Gasteiger partial charge in [-0.25, -0.2) is 27.3 Å². The number of primary sulfonamides is 1. The van der Waals surface area contributed by atoms with Gasteiger partial charge in [-0.15, -0.1) is 5.10 Å². The molecule has 1 saturated carbocycles. The molecule has 0 spiro atoms. The normalized spacial score (nSPS) is 18.7. The minimum absolute atomic E-state index is 0.0578. The summed E-state index contributed by atoms with van der Waals surface area (Å²) in [6, 6.07) is 1.15. The van der Waals surface area contributed by atoms with Gasteiger partial charge in [0.25, 0.3) is 0 Å². The first-order chi connectivity index (χ1) is 17.1. The third-order valence-corrected chi connectivity index (χ3v) is 6.94. The maximum Gasteiger partial charge on any atom is 0.247 e. The third-order valence-electron chi connectivity index (χ3n) is 6.02. The average Bonchev–Trinajstić information content (AvgIpc) is 3.49. The molecule has 1 aliphatic carbocycles. The van der Waals surface area contributed by atoms with Crippen LogP contribution in [0.2, 0.25) is 0 Å². The molecule has 0 saturated heterocycles. The van der Waals surface area contributed by atoms with Crippen molar-refractivity contribution in [2.45, 2.75) is 62.4 Å². The van der Waals surface area contributed by atoms with Crippen LogP contribution in [0.15, 0.2) is 27.9 Å². The van der Waals surface area contributed by atoms with E-state index in [-0.39, 0.29) is 35.0 Å². The molecule has 1 fully saturated rings. The summed E-state index contributed by atoms with van der Waals surface area (Å²) in [7, 11) is -4.45. The van der Waals surface area contributed by atoms with Crippen molar-refractivity contribution < 1.29 is 26.5 Å². The SMILES string of the molecule is CC(C)c1noc(C2CCC(Oc3ncnc4c3nnn4-c3cc(F)c(S(N)(=O)=O)cc3F)CC2)n1. The van der Waals surface area contributed by atoms with E-state index >= 15 is 0 Å². The molecule has 5 rings (SSSR count). The van der Waals surface area contributed by atoms with Gasteiger partial charge in [0.05, 0.1) is 0 Å². The predicted molar refractivity (Wildman–Crippen MR) is 120 cm³/mol. The Hall–Kier alpha value is -3.59. The Morgan fingerprint density at radius 2 is 1.89 bits per heavy atom. The summed E-state index contributed by atoms with van der Waals surface area (Å²) in [6.45, 7) is 4.00. The fourth-order valence-electron chi connectivity index (χ4n) is 4.11. The van der Waals surface area contributed by atoms with Crippen molar-refractivity contribution in [3.05, 3.63) is 41.8 Å². The maximum absolute atomic E-state index is 14.7. The van der Waals surface area contributed by atoms with Gasteiger partial charge in [0.15, 0.2) is 22.8 Å². The summed E-state index contributed by atoms with van der Waals surface area (Å²) in [5.74, 6) is -0.508. The number of sulfonamides is 1. The van der Waals surface area contributed by atoms with Gasteiger partial charge in [-0.1, -0.05) is 24.2 Å². The lowest BCUT2D eigenvalue weighted by Crippen LogP contribution is -2.24. The van der Waals surface area contributed by atoms with Crippen LogP contribution in [0.4, 0.5) is 8.78 Å². The molecule has 1 aliphatic rings. The zero-order valence-electron chi connectivity index (χ0n) is 19.3. The van der Waals surface area contributed by atoms with Crippen LogP contribution < -0.4 is 9.88 Å². The van der Waals surface area contributed by atoms with E-state index in [0.29, 0.717) is 36.7 Å². The Morgan fingerprint density at radius 3 is 2.56 bits per heavy atom. The van der Waals surface area contributed by atoms with Crippen molar-refractivity contribution >= 4 is 21.2 Å². The van der Waals surface area contributed by atoms with Crippen molar-refractivity contribution in [3.8, 4) is 11.6 Å². The highest BCUT2D eigenvalue weighted by Gasteiger charge is 2.29. The number of ether oxygens (including phenoxy) is 1. The molecule has 0 amide bonds. The monoisotopic (exact) mass is 520 g/mol. The molecule has 190 valence electrons. The molecule has 1 aromatic carbocycles. The fraction of sp³-hybridized carbons (Fsp3) is 0.429. The average molecular weight is 521 g/mol. The number of rotatable bonds is 6. The largest absolute Gasteiger partial charge is 0.473 e. The molecule has 3 aromatic heterocycles. The highest BCUT2D eigenvalue weighted by atomic mass is 32.2. The molecule has 0 unspecified atom stereocenters. The first-order valence-corrected chi connectivity index (χ1v) is 12.7. The van der Waals surface area contributed by atoms with E-state index in [4.69, 9.17) is 14.4 Å². The lowest BCUT2D eigenvalue weighted by atomic mass is 9.87. The highest BCUT2D eigenvalue weighted by molar-refractivity contribution is 7.89. The zero-order chi connectivity index (χ0) is 25.6. The van der Waals surface area contributed by atoms with Crippen molar-refractivity contribution in [2.24, 2.45) is 5.14 Å². The molecule has 0 atom stereocenters. The number of nitrogens with zero attached hydrogens (tertiary/aromatic N) is 7. The van der Waals surface area contributed by atoms with Crippen LogP contribution in [0.1, 0.15) is 63.1 Å². The van der Waals surface area contributed by atoms with Crippen LogP contribution >= 0.6 is 0 Å². The van der Waals surface area contributed by atoms with Crippen molar-refractivity contribution in [3.63, 3.8) is 0 Å². The molecule has 4 aromatic rings. The van der Waals surface area contributed by atoms with Crippen molar-refractivity contribution in [2.75, 3.05) is 0 Å². The van der Waals surface area contributed by atoms with E-state index < -0.39 is 32.2 Å². The smallest absolute Gasteiger partial charge is 0.247 e. The predicted octanol–water partition coefficient (Wildman–Crippen LogP) is 2.75. The summed E-state index contributed by atoms with van der Waals surface area (Å²) < 4.78 is 64.4. The van der Waals surface area contributed by atoms with E-state index in [1.54, 1.807) is 0 Å². The van der Waals surface area contributed by atoms with Crippen LogP contribution in [0, 0.1) is 11.6 Å². The topological polar surface area (TPSA) is 165 Å². The van der Waals surface area contributed by atoms with Crippen LogP contribution in [0.5, 0.6) is 5.88 Å². The van der Waals surface area contributed by atoms with Gasteiger partial charge in [-0.05, 0) is 31.7 Å². The number of nitrogens with two attached hydrogens (primary N) is 1. The number of benzene rings is 1. The lowest BCUT2D eigenvalue weighted by molar-refractivity contribution is 0.135. The Morgan fingerprint density at radius 1 is 1.14 bits per heavy atom. The van der Waals surface area contributed by atoms with Crippen LogP contribution in [-0.4, -0.2) is 49.6 Å². The van der Waals surface area contributed by atoms with Crippen molar-refractivity contribution in [1.29, 1.82) is 0 Å². The van der Waals surface area contributed by atoms with Crippen LogP contribution in [0.25, 0.3) is 16.9 Å².